The summed E-state index contributed by atoms with van der Waals surface area (Å²) in [5, 5.41) is 12.7. The molecule has 0 aliphatic carbocycles. The molecular weight excluding hydrogens is 300 g/mol. The quantitative estimate of drug-likeness (QED) is 0.943. The lowest BCUT2D eigenvalue weighted by Crippen LogP contribution is -2.11. The number of aliphatic carboxylic acids is 1. The standard InChI is InChI=1S/C12H11BrN2O3/c1-8-11(6-14-15(8)7-12(16)17)18-10-4-2-9(13)3-5-10/h2-6H,7H2,1H3,(H,16,17). The number of benzene rings is 1. The molecule has 0 bridgehead atoms. The van der Waals surface area contributed by atoms with Crippen molar-refractivity contribution in [3.05, 3.63) is 40.6 Å². The highest BCUT2D eigenvalue weighted by atomic mass is 79.9. The van der Waals surface area contributed by atoms with E-state index >= 15 is 0 Å². The predicted octanol–water partition coefficient (Wildman–Crippen LogP) is 2.83. The Kier molecular flexibility index (Phi) is 3.66. The predicted molar refractivity (Wildman–Crippen MR) is 68.8 cm³/mol. The van der Waals surface area contributed by atoms with E-state index in [1.54, 1.807) is 6.92 Å². The smallest absolute Gasteiger partial charge is 0.325 e. The molecule has 18 heavy (non-hydrogen) atoms. The van der Waals surface area contributed by atoms with E-state index in [1.807, 2.05) is 24.3 Å². The van der Waals surface area contributed by atoms with Gasteiger partial charge in [-0.2, -0.15) is 5.10 Å². The number of carboxylic acids is 1. The van der Waals surface area contributed by atoms with Gasteiger partial charge < -0.3 is 9.84 Å². The minimum absolute atomic E-state index is 0.171. The number of nitrogens with zero attached hydrogens (tertiary/aromatic N) is 2. The van der Waals surface area contributed by atoms with E-state index in [0.717, 1.165) is 4.47 Å². The van der Waals surface area contributed by atoms with Crippen molar-refractivity contribution in [3.8, 4) is 11.5 Å². The second-order valence-corrected chi connectivity index (χ2v) is 4.62. The van der Waals surface area contributed by atoms with Crippen molar-refractivity contribution < 1.29 is 14.6 Å². The van der Waals surface area contributed by atoms with E-state index < -0.39 is 5.97 Å². The van der Waals surface area contributed by atoms with Crippen molar-refractivity contribution >= 4 is 21.9 Å². The maximum atomic E-state index is 10.6. The van der Waals surface area contributed by atoms with Gasteiger partial charge in [-0.25, -0.2) is 0 Å². The van der Waals surface area contributed by atoms with Crippen LogP contribution < -0.4 is 4.74 Å². The topological polar surface area (TPSA) is 64.4 Å². The van der Waals surface area contributed by atoms with Gasteiger partial charge in [0, 0.05) is 4.47 Å². The summed E-state index contributed by atoms with van der Waals surface area (Å²) >= 11 is 3.34. The van der Waals surface area contributed by atoms with Crippen molar-refractivity contribution in [3.63, 3.8) is 0 Å². The zero-order valence-electron chi connectivity index (χ0n) is 9.63. The lowest BCUT2D eigenvalue weighted by atomic mass is 10.3. The van der Waals surface area contributed by atoms with E-state index in [0.29, 0.717) is 17.2 Å². The highest BCUT2D eigenvalue weighted by Crippen LogP contribution is 2.25. The second kappa shape index (κ2) is 5.22. The molecule has 0 saturated heterocycles. The van der Waals surface area contributed by atoms with Gasteiger partial charge in [0.1, 0.15) is 12.3 Å². The van der Waals surface area contributed by atoms with E-state index in [-0.39, 0.29) is 6.54 Å². The molecule has 2 aromatic rings. The highest BCUT2D eigenvalue weighted by Gasteiger charge is 2.10. The number of carbonyl (C=O) groups is 1. The Morgan fingerprint density at radius 2 is 2.11 bits per heavy atom. The molecule has 1 N–H and O–H groups in total. The molecule has 5 nitrogen and oxygen atoms in total. The second-order valence-electron chi connectivity index (χ2n) is 3.70. The average Bonchev–Trinajstić information content (AvgIpc) is 2.64. The zero-order chi connectivity index (χ0) is 13.1. The largest absolute Gasteiger partial charge is 0.480 e. The van der Waals surface area contributed by atoms with Gasteiger partial charge in [-0.05, 0) is 31.2 Å². The lowest BCUT2D eigenvalue weighted by Gasteiger charge is -2.05. The molecule has 2 rings (SSSR count). The van der Waals surface area contributed by atoms with Gasteiger partial charge in [0.15, 0.2) is 5.75 Å². The van der Waals surface area contributed by atoms with Crippen LogP contribution in [-0.4, -0.2) is 20.9 Å². The first kappa shape index (κ1) is 12.6. The number of hydrogen-bond donors (Lipinski definition) is 1. The average molecular weight is 311 g/mol. The number of carboxylic acid groups (broad SMARTS) is 1. The highest BCUT2D eigenvalue weighted by molar-refractivity contribution is 9.10. The molecule has 0 fully saturated rings. The van der Waals surface area contributed by atoms with Gasteiger partial charge in [0.25, 0.3) is 0 Å². The first-order valence-corrected chi connectivity index (χ1v) is 6.03. The molecule has 94 valence electrons. The minimum Gasteiger partial charge on any atom is -0.480 e. The van der Waals surface area contributed by atoms with Crippen LogP contribution in [0, 0.1) is 6.92 Å². The van der Waals surface area contributed by atoms with Gasteiger partial charge in [0.05, 0.1) is 11.9 Å². The summed E-state index contributed by atoms with van der Waals surface area (Å²) in [6.07, 6.45) is 1.51. The summed E-state index contributed by atoms with van der Waals surface area (Å²) < 4.78 is 7.98. The van der Waals surface area contributed by atoms with Crippen LogP contribution in [0.5, 0.6) is 11.5 Å². The summed E-state index contributed by atoms with van der Waals surface area (Å²) in [6, 6.07) is 7.37. The zero-order valence-corrected chi connectivity index (χ0v) is 11.2. The molecule has 0 aliphatic rings. The van der Waals surface area contributed by atoms with Crippen LogP contribution in [0.3, 0.4) is 0 Å². The number of rotatable bonds is 4. The minimum atomic E-state index is -0.934. The molecule has 0 aliphatic heterocycles. The SMILES string of the molecule is Cc1c(Oc2ccc(Br)cc2)cnn1CC(=O)O. The summed E-state index contributed by atoms with van der Waals surface area (Å²) in [5.41, 5.74) is 0.681. The van der Waals surface area contributed by atoms with Gasteiger partial charge >= 0.3 is 5.97 Å². The van der Waals surface area contributed by atoms with Crippen LogP contribution in [0.1, 0.15) is 5.69 Å². The van der Waals surface area contributed by atoms with Crippen molar-refractivity contribution in [2.45, 2.75) is 13.5 Å². The fourth-order valence-electron chi connectivity index (χ4n) is 1.45. The van der Waals surface area contributed by atoms with Crippen LogP contribution >= 0.6 is 15.9 Å². The van der Waals surface area contributed by atoms with E-state index in [4.69, 9.17) is 9.84 Å². The summed E-state index contributed by atoms with van der Waals surface area (Å²) in [6.45, 7) is 1.60. The van der Waals surface area contributed by atoms with Crippen LogP contribution in [0.25, 0.3) is 0 Å². The molecule has 1 aromatic carbocycles. The monoisotopic (exact) mass is 310 g/mol. The number of halogens is 1. The first-order valence-electron chi connectivity index (χ1n) is 5.24. The van der Waals surface area contributed by atoms with Gasteiger partial charge in [0.2, 0.25) is 0 Å². The van der Waals surface area contributed by atoms with E-state index in [9.17, 15) is 4.79 Å². The fraction of sp³-hybridized carbons (Fsp3) is 0.167. The Morgan fingerprint density at radius 1 is 1.44 bits per heavy atom. The van der Waals surface area contributed by atoms with Crippen LogP contribution in [0.2, 0.25) is 0 Å². The Hall–Kier alpha value is -1.82. The third-order valence-electron chi connectivity index (χ3n) is 2.38. The first-order chi connectivity index (χ1) is 8.56. The molecule has 1 aromatic heterocycles. The molecule has 0 amide bonds. The van der Waals surface area contributed by atoms with Crippen LogP contribution in [0.4, 0.5) is 0 Å². The molecule has 0 atom stereocenters. The lowest BCUT2D eigenvalue weighted by molar-refractivity contribution is -0.137. The number of ether oxygens (including phenoxy) is 1. The van der Waals surface area contributed by atoms with Gasteiger partial charge in [-0.3, -0.25) is 9.48 Å². The van der Waals surface area contributed by atoms with Gasteiger partial charge in [-0.15, -0.1) is 0 Å². The fourth-order valence-corrected chi connectivity index (χ4v) is 1.71. The molecule has 0 unspecified atom stereocenters. The van der Waals surface area contributed by atoms with Crippen molar-refractivity contribution in [1.29, 1.82) is 0 Å². The number of hydrogen-bond acceptors (Lipinski definition) is 3. The van der Waals surface area contributed by atoms with Crippen molar-refractivity contribution in [1.82, 2.24) is 9.78 Å². The number of aromatic nitrogens is 2. The normalized spacial score (nSPS) is 10.3. The Labute approximate surface area is 112 Å². The summed E-state index contributed by atoms with van der Waals surface area (Å²) in [4.78, 5) is 10.6. The third kappa shape index (κ3) is 2.89. The third-order valence-corrected chi connectivity index (χ3v) is 2.91. The Morgan fingerprint density at radius 3 is 2.72 bits per heavy atom. The van der Waals surface area contributed by atoms with E-state index in [1.165, 1.54) is 10.9 Å². The molecular formula is C12H11BrN2O3. The molecule has 0 saturated carbocycles. The maximum absolute atomic E-state index is 10.6. The Balaban J connectivity index is 2.17. The summed E-state index contributed by atoms with van der Waals surface area (Å²) in [5.74, 6) is 0.297. The Bertz CT molecular complexity index is 563. The van der Waals surface area contributed by atoms with Crippen molar-refractivity contribution in [2.75, 3.05) is 0 Å². The molecule has 0 radical (unpaired) electrons. The molecule has 0 spiro atoms. The van der Waals surface area contributed by atoms with Gasteiger partial charge in [-0.1, -0.05) is 15.9 Å². The molecule has 1 heterocycles. The summed E-state index contributed by atoms with van der Waals surface area (Å²) in [7, 11) is 0. The van der Waals surface area contributed by atoms with Crippen molar-refractivity contribution in [2.24, 2.45) is 0 Å². The van der Waals surface area contributed by atoms with Crippen LogP contribution in [0.15, 0.2) is 34.9 Å². The van der Waals surface area contributed by atoms with E-state index in [2.05, 4.69) is 21.0 Å². The van der Waals surface area contributed by atoms with Crippen LogP contribution in [-0.2, 0) is 11.3 Å². The molecule has 6 heteroatoms. The maximum Gasteiger partial charge on any atom is 0.325 e.